The van der Waals surface area contributed by atoms with Gasteiger partial charge in [0.1, 0.15) is 5.65 Å². The number of hydrogen-bond acceptors (Lipinski definition) is 3. The molecule has 0 spiro atoms. The van der Waals surface area contributed by atoms with Crippen LogP contribution in [-0.2, 0) is 17.7 Å². The van der Waals surface area contributed by atoms with E-state index in [1.807, 2.05) is 12.3 Å². The molecule has 4 heteroatoms. The highest BCUT2D eigenvalue weighted by Gasteiger charge is 2.08. The number of rotatable bonds is 8. The molecule has 0 bridgehead atoms. The van der Waals surface area contributed by atoms with Gasteiger partial charge in [-0.1, -0.05) is 13.3 Å². The quantitative estimate of drug-likeness (QED) is 0.742. The van der Waals surface area contributed by atoms with Crippen molar-refractivity contribution in [3.05, 3.63) is 30.1 Å². The number of fused-ring (bicyclic) bond motifs is 1. The third-order valence-corrected chi connectivity index (χ3v) is 3.25. The normalized spacial score (nSPS) is 11.3. The lowest BCUT2D eigenvalue weighted by Gasteiger charge is -2.05. The molecule has 2 heterocycles. The van der Waals surface area contributed by atoms with Crippen molar-refractivity contribution in [2.75, 3.05) is 19.8 Å². The van der Waals surface area contributed by atoms with Gasteiger partial charge in [-0.05, 0) is 37.1 Å². The van der Waals surface area contributed by atoms with E-state index in [1.165, 1.54) is 17.4 Å². The fourth-order valence-electron chi connectivity index (χ4n) is 2.23. The predicted octanol–water partition coefficient (Wildman–Crippen LogP) is 2.35. The van der Waals surface area contributed by atoms with Gasteiger partial charge < -0.3 is 15.0 Å². The molecule has 0 fully saturated rings. The first-order valence-electron chi connectivity index (χ1n) is 7.07. The molecule has 4 nitrogen and oxygen atoms in total. The number of ether oxygens (including phenoxy) is 1. The van der Waals surface area contributed by atoms with Crippen molar-refractivity contribution in [1.29, 1.82) is 0 Å². The molecule has 0 atom stereocenters. The third kappa shape index (κ3) is 3.55. The lowest BCUT2D eigenvalue weighted by atomic mass is 10.2. The van der Waals surface area contributed by atoms with Crippen LogP contribution in [0.4, 0.5) is 0 Å². The fraction of sp³-hybridized carbons (Fsp3) is 0.533. The summed E-state index contributed by atoms with van der Waals surface area (Å²) in [4.78, 5) is 4.47. The first-order chi connectivity index (χ1) is 9.36. The van der Waals surface area contributed by atoms with E-state index in [2.05, 4.69) is 28.7 Å². The van der Waals surface area contributed by atoms with E-state index in [9.17, 15) is 0 Å². The number of hydrogen-bond donors (Lipinski definition) is 1. The Morgan fingerprint density at radius 1 is 1.37 bits per heavy atom. The van der Waals surface area contributed by atoms with Crippen molar-refractivity contribution in [1.82, 2.24) is 9.55 Å². The maximum absolute atomic E-state index is 5.66. The van der Waals surface area contributed by atoms with Gasteiger partial charge in [-0.2, -0.15) is 0 Å². The summed E-state index contributed by atoms with van der Waals surface area (Å²) in [5.74, 6) is 0. The molecular formula is C15H23N3O. The Labute approximate surface area is 114 Å². The maximum atomic E-state index is 5.66. The Balaban J connectivity index is 2.05. The second-order valence-electron chi connectivity index (χ2n) is 4.73. The Hall–Kier alpha value is -1.39. The minimum atomic E-state index is 0.668. The number of nitrogens with zero attached hydrogens (tertiary/aromatic N) is 2. The zero-order chi connectivity index (χ0) is 13.5. The van der Waals surface area contributed by atoms with Gasteiger partial charge in [0, 0.05) is 30.9 Å². The van der Waals surface area contributed by atoms with Crippen molar-refractivity contribution in [3.63, 3.8) is 0 Å². The van der Waals surface area contributed by atoms with Gasteiger partial charge in [0.25, 0.3) is 0 Å². The Morgan fingerprint density at radius 3 is 3.05 bits per heavy atom. The van der Waals surface area contributed by atoms with E-state index in [1.54, 1.807) is 0 Å². The van der Waals surface area contributed by atoms with E-state index in [4.69, 9.17) is 10.5 Å². The zero-order valence-corrected chi connectivity index (χ0v) is 11.6. The molecule has 0 aliphatic carbocycles. The SMILES string of the molecule is CCCCOCCn1cc(CCN)c2cccnc21. The molecule has 19 heavy (non-hydrogen) atoms. The molecule has 0 amide bonds. The van der Waals surface area contributed by atoms with Crippen molar-refractivity contribution in [3.8, 4) is 0 Å². The molecule has 0 radical (unpaired) electrons. The van der Waals surface area contributed by atoms with Gasteiger partial charge >= 0.3 is 0 Å². The van der Waals surface area contributed by atoms with E-state index in [-0.39, 0.29) is 0 Å². The van der Waals surface area contributed by atoms with Gasteiger partial charge in [-0.3, -0.25) is 0 Å². The first kappa shape index (κ1) is 14.0. The highest BCUT2D eigenvalue weighted by molar-refractivity contribution is 5.80. The summed E-state index contributed by atoms with van der Waals surface area (Å²) in [7, 11) is 0. The number of pyridine rings is 1. The van der Waals surface area contributed by atoms with Gasteiger partial charge in [-0.15, -0.1) is 0 Å². The smallest absolute Gasteiger partial charge is 0.140 e. The monoisotopic (exact) mass is 261 g/mol. The van der Waals surface area contributed by atoms with Crippen molar-refractivity contribution >= 4 is 11.0 Å². The number of nitrogens with two attached hydrogens (primary N) is 1. The van der Waals surface area contributed by atoms with Crippen molar-refractivity contribution in [2.24, 2.45) is 5.73 Å². The Morgan fingerprint density at radius 2 is 2.26 bits per heavy atom. The summed E-state index contributed by atoms with van der Waals surface area (Å²) >= 11 is 0. The first-order valence-corrected chi connectivity index (χ1v) is 7.07. The highest BCUT2D eigenvalue weighted by Crippen LogP contribution is 2.19. The van der Waals surface area contributed by atoms with Crippen molar-refractivity contribution in [2.45, 2.75) is 32.7 Å². The molecular weight excluding hydrogens is 238 g/mol. The van der Waals surface area contributed by atoms with Crippen LogP contribution in [0.2, 0.25) is 0 Å². The second kappa shape index (κ2) is 7.26. The summed E-state index contributed by atoms with van der Waals surface area (Å²) in [5, 5.41) is 1.21. The van der Waals surface area contributed by atoms with Crippen LogP contribution in [0.25, 0.3) is 11.0 Å². The van der Waals surface area contributed by atoms with Crippen LogP contribution in [-0.4, -0.2) is 29.3 Å². The molecule has 0 aromatic carbocycles. The molecule has 0 aliphatic rings. The minimum Gasteiger partial charge on any atom is -0.380 e. The largest absolute Gasteiger partial charge is 0.380 e. The average Bonchev–Trinajstić information content (AvgIpc) is 2.78. The van der Waals surface area contributed by atoms with Crippen LogP contribution < -0.4 is 5.73 Å². The van der Waals surface area contributed by atoms with Gasteiger partial charge in [0.05, 0.1) is 6.61 Å². The van der Waals surface area contributed by atoms with Gasteiger partial charge in [-0.25, -0.2) is 4.98 Å². The van der Waals surface area contributed by atoms with E-state index in [0.29, 0.717) is 6.54 Å². The summed E-state index contributed by atoms with van der Waals surface area (Å²) in [6.07, 6.45) is 7.19. The van der Waals surface area contributed by atoms with Crippen LogP contribution in [0.15, 0.2) is 24.5 Å². The summed E-state index contributed by atoms with van der Waals surface area (Å²) < 4.78 is 7.80. The molecule has 0 aliphatic heterocycles. The number of unbranched alkanes of at least 4 members (excludes halogenated alkanes) is 1. The molecule has 104 valence electrons. The summed E-state index contributed by atoms with van der Waals surface area (Å²) in [6.45, 7) is 5.27. The second-order valence-corrected chi connectivity index (χ2v) is 4.73. The van der Waals surface area contributed by atoms with Crippen LogP contribution in [0, 0.1) is 0 Å². The standard InChI is InChI=1S/C15H23N3O/c1-2-3-10-19-11-9-18-12-13(6-7-16)14-5-4-8-17-15(14)18/h4-5,8,12H,2-3,6-7,9-11,16H2,1H3. The Bertz CT molecular complexity index is 507. The van der Waals surface area contributed by atoms with Crippen LogP contribution in [0.3, 0.4) is 0 Å². The third-order valence-electron chi connectivity index (χ3n) is 3.25. The minimum absolute atomic E-state index is 0.668. The van der Waals surface area contributed by atoms with Crippen LogP contribution >= 0.6 is 0 Å². The molecule has 2 rings (SSSR count). The summed E-state index contributed by atoms with van der Waals surface area (Å²) in [6, 6.07) is 4.09. The van der Waals surface area contributed by atoms with Crippen LogP contribution in [0.1, 0.15) is 25.3 Å². The number of aromatic nitrogens is 2. The van der Waals surface area contributed by atoms with Crippen molar-refractivity contribution < 1.29 is 4.74 Å². The van der Waals surface area contributed by atoms with Gasteiger partial charge in [0.2, 0.25) is 0 Å². The molecule has 2 aromatic rings. The molecule has 0 unspecified atom stereocenters. The topological polar surface area (TPSA) is 53.1 Å². The molecule has 0 saturated heterocycles. The molecule has 2 N–H and O–H groups in total. The van der Waals surface area contributed by atoms with E-state index in [0.717, 1.165) is 38.2 Å². The lowest BCUT2D eigenvalue weighted by molar-refractivity contribution is 0.124. The maximum Gasteiger partial charge on any atom is 0.140 e. The fourth-order valence-corrected chi connectivity index (χ4v) is 2.23. The van der Waals surface area contributed by atoms with Crippen LogP contribution in [0.5, 0.6) is 0 Å². The Kier molecular flexibility index (Phi) is 5.36. The van der Waals surface area contributed by atoms with E-state index < -0.39 is 0 Å². The molecule has 0 saturated carbocycles. The highest BCUT2D eigenvalue weighted by atomic mass is 16.5. The summed E-state index contributed by atoms with van der Waals surface area (Å²) in [5.41, 5.74) is 7.97. The molecule has 2 aromatic heterocycles. The lowest BCUT2D eigenvalue weighted by Crippen LogP contribution is -2.06. The zero-order valence-electron chi connectivity index (χ0n) is 11.6. The average molecular weight is 261 g/mol. The predicted molar refractivity (Wildman–Crippen MR) is 78.2 cm³/mol. The van der Waals surface area contributed by atoms with Gasteiger partial charge in [0.15, 0.2) is 0 Å². The van der Waals surface area contributed by atoms with E-state index >= 15 is 0 Å².